The highest BCUT2D eigenvalue weighted by molar-refractivity contribution is 8.67. The van der Waals surface area contributed by atoms with Crippen molar-refractivity contribution in [3.05, 3.63) is 0 Å². The van der Waals surface area contributed by atoms with E-state index in [1.54, 1.807) is 11.4 Å². The second-order valence-electron chi connectivity index (χ2n) is 10.3. The van der Waals surface area contributed by atoms with Crippen molar-refractivity contribution in [2.24, 2.45) is 0 Å². The Balaban J connectivity index is 4.11. The quantitative estimate of drug-likeness (QED) is 0.0467. The Hall–Kier alpha value is 0.790. The number of hydrogen-bond acceptors (Lipinski definition) is 7. The van der Waals surface area contributed by atoms with Gasteiger partial charge in [-0.1, -0.05) is 141 Å². The first-order valence-electron chi connectivity index (χ1n) is 15.5. The van der Waals surface area contributed by atoms with Crippen molar-refractivity contribution in [2.75, 3.05) is 25.6 Å². The molecule has 0 aliphatic carbocycles. The van der Waals surface area contributed by atoms with Gasteiger partial charge in [-0.2, -0.15) is 8.42 Å². The SMILES string of the molecule is CCCCCCCCCCCCOP(=S)(OCCCCCCCCCCCC)SCCCCOS(=O)(=O)O. The molecule has 0 saturated heterocycles. The van der Waals surface area contributed by atoms with Gasteiger partial charge in [-0.05, 0) is 37.5 Å². The van der Waals surface area contributed by atoms with E-state index in [4.69, 9.17) is 25.4 Å². The average molecular weight is 619 g/mol. The van der Waals surface area contributed by atoms with E-state index in [1.165, 1.54) is 116 Å². The Morgan fingerprint density at radius 1 is 0.579 bits per heavy atom. The van der Waals surface area contributed by atoms with Crippen molar-refractivity contribution in [2.45, 2.75) is 155 Å². The van der Waals surface area contributed by atoms with Gasteiger partial charge in [0.05, 0.1) is 19.8 Å². The van der Waals surface area contributed by atoms with E-state index >= 15 is 0 Å². The summed E-state index contributed by atoms with van der Waals surface area (Å²) in [6, 6.07) is 0. The lowest BCUT2D eigenvalue weighted by molar-refractivity contribution is 0.249. The molecule has 0 bridgehead atoms. The summed E-state index contributed by atoms with van der Waals surface area (Å²) >= 11 is 7.40. The zero-order valence-corrected chi connectivity index (χ0v) is 27.9. The van der Waals surface area contributed by atoms with Crippen molar-refractivity contribution in [1.29, 1.82) is 0 Å². The molecule has 0 unspecified atom stereocenters. The monoisotopic (exact) mass is 618 g/mol. The highest BCUT2D eigenvalue weighted by Crippen LogP contribution is 2.61. The van der Waals surface area contributed by atoms with Crippen molar-refractivity contribution >= 4 is 39.3 Å². The summed E-state index contributed by atoms with van der Waals surface area (Å²) in [5, 5.41) is 0. The highest BCUT2D eigenvalue weighted by Gasteiger charge is 2.20. The number of rotatable bonds is 31. The molecule has 0 amide bonds. The van der Waals surface area contributed by atoms with Gasteiger partial charge in [0, 0.05) is 5.75 Å². The second kappa shape index (κ2) is 27.9. The fourth-order valence-electron chi connectivity index (χ4n) is 4.19. The summed E-state index contributed by atoms with van der Waals surface area (Å²) in [7, 11) is -4.37. The molecule has 0 aliphatic rings. The Morgan fingerprint density at radius 3 is 1.29 bits per heavy atom. The van der Waals surface area contributed by atoms with Crippen LogP contribution in [0.1, 0.15) is 155 Å². The van der Waals surface area contributed by atoms with Crippen molar-refractivity contribution in [3.63, 3.8) is 0 Å². The van der Waals surface area contributed by atoms with E-state index < -0.39 is 16.1 Å². The molecule has 38 heavy (non-hydrogen) atoms. The van der Waals surface area contributed by atoms with Crippen LogP contribution >= 0.6 is 17.1 Å². The van der Waals surface area contributed by atoms with E-state index in [9.17, 15) is 8.42 Å². The lowest BCUT2D eigenvalue weighted by atomic mass is 10.1. The van der Waals surface area contributed by atoms with Gasteiger partial charge < -0.3 is 9.05 Å². The first-order chi connectivity index (χ1) is 18.3. The molecule has 0 aromatic heterocycles. The van der Waals surface area contributed by atoms with Gasteiger partial charge in [-0.15, -0.1) is 0 Å². The largest absolute Gasteiger partial charge is 0.397 e. The van der Waals surface area contributed by atoms with Gasteiger partial charge in [-0.25, -0.2) is 4.18 Å². The number of hydrogen-bond donors (Lipinski definition) is 1. The minimum atomic E-state index is -4.37. The van der Waals surface area contributed by atoms with Crippen LogP contribution in [0.4, 0.5) is 0 Å². The maximum absolute atomic E-state index is 10.7. The standard InChI is InChI=1S/C28H59O6PS3/c1-3-5-7-9-11-13-15-17-19-21-25-32-35(36,37-28-24-23-27-34-38(29,30)31)33-26-22-20-18-16-14-12-10-8-6-4-2/h3-28H2,1-2H3,(H,29,30,31). The number of unbranched alkanes of at least 4 members (excludes halogenated alkanes) is 19. The molecular formula is C28H59O6PS3. The first-order valence-corrected chi connectivity index (χ1v) is 21.1. The molecule has 0 spiro atoms. The molecule has 0 radical (unpaired) electrons. The van der Waals surface area contributed by atoms with E-state index in [0.29, 0.717) is 19.6 Å². The molecule has 0 atom stereocenters. The van der Waals surface area contributed by atoms with Crippen molar-refractivity contribution < 1.29 is 26.2 Å². The van der Waals surface area contributed by atoms with E-state index in [1.807, 2.05) is 0 Å². The predicted molar refractivity (Wildman–Crippen MR) is 169 cm³/mol. The molecule has 0 aliphatic heterocycles. The van der Waals surface area contributed by atoms with Gasteiger partial charge >= 0.3 is 10.4 Å². The summed E-state index contributed by atoms with van der Waals surface area (Å²) in [5.74, 6) is 0.724. The molecule has 0 fully saturated rings. The summed E-state index contributed by atoms with van der Waals surface area (Å²) in [6.45, 7) is 5.77. The molecular weight excluding hydrogens is 559 g/mol. The molecule has 230 valence electrons. The summed E-state index contributed by atoms with van der Waals surface area (Å²) in [6.07, 6.45) is 26.9. The zero-order chi connectivity index (χ0) is 28.2. The van der Waals surface area contributed by atoms with Crippen molar-refractivity contribution in [1.82, 2.24) is 0 Å². The maximum atomic E-state index is 10.7. The van der Waals surface area contributed by atoms with Crippen LogP contribution in [0.3, 0.4) is 0 Å². The third kappa shape index (κ3) is 29.8. The van der Waals surface area contributed by atoms with Gasteiger partial charge in [0.1, 0.15) is 0 Å². The second-order valence-corrected chi connectivity index (χ2v) is 17.8. The normalized spacial score (nSPS) is 12.4. The third-order valence-corrected chi connectivity index (χ3v) is 12.5. The Kier molecular flexibility index (Phi) is 28.5. The van der Waals surface area contributed by atoms with Gasteiger partial charge in [0.25, 0.3) is 0 Å². The van der Waals surface area contributed by atoms with Crippen molar-refractivity contribution in [3.8, 4) is 0 Å². The molecule has 10 heteroatoms. The Bertz CT molecular complexity index is 619. The van der Waals surface area contributed by atoms with Crippen LogP contribution in [-0.2, 0) is 35.4 Å². The summed E-state index contributed by atoms with van der Waals surface area (Å²) in [5.41, 5.74) is -2.41. The van der Waals surface area contributed by atoms with Crippen LogP contribution in [0, 0.1) is 0 Å². The van der Waals surface area contributed by atoms with Crippen LogP contribution in [0.2, 0.25) is 0 Å². The molecule has 0 rings (SSSR count). The molecule has 0 aromatic rings. The van der Waals surface area contributed by atoms with Gasteiger partial charge in [-0.3, -0.25) is 4.55 Å². The summed E-state index contributed by atoms with van der Waals surface area (Å²) < 4.78 is 46.7. The Labute approximate surface area is 245 Å². The van der Waals surface area contributed by atoms with Crippen LogP contribution < -0.4 is 0 Å². The summed E-state index contributed by atoms with van der Waals surface area (Å²) in [4.78, 5) is 0. The lowest BCUT2D eigenvalue weighted by Crippen LogP contribution is -2.05. The topological polar surface area (TPSA) is 82.1 Å². The molecule has 0 heterocycles. The fraction of sp³-hybridized carbons (Fsp3) is 1.00. The molecule has 0 aromatic carbocycles. The fourth-order valence-corrected chi connectivity index (χ4v) is 9.07. The van der Waals surface area contributed by atoms with Crippen LogP contribution in [0.5, 0.6) is 0 Å². The predicted octanol–water partition coefficient (Wildman–Crippen LogP) is 10.4. The maximum Gasteiger partial charge on any atom is 0.397 e. The lowest BCUT2D eigenvalue weighted by Gasteiger charge is -2.21. The van der Waals surface area contributed by atoms with E-state index in [-0.39, 0.29) is 6.61 Å². The smallest absolute Gasteiger partial charge is 0.322 e. The third-order valence-electron chi connectivity index (χ3n) is 6.51. The van der Waals surface area contributed by atoms with Crippen LogP contribution in [0.25, 0.3) is 0 Å². The van der Waals surface area contributed by atoms with Crippen LogP contribution in [0.15, 0.2) is 0 Å². The molecule has 6 nitrogen and oxygen atoms in total. The van der Waals surface area contributed by atoms with Gasteiger partial charge in [0.15, 0.2) is 0 Å². The minimum Gasteiger partial charge on any atom is -0.322 e. The Morgan fingerprint density at radius 2 is 0.921 bits per heavy atom. The molecule has 1 N–H and O–H groups in total. The average Bonchev–Trinajstić information content (AvgIpc) is 2.87. The van der Waals surface area contributed by atoms with E-state index in [0.717, 1.165) is 25.0 Å². The van der Waals surface area contributed by atoms with E-state index in [2.05, 4.69) is 18.0 Å². The zero-order valence-electron chi connectivity index (χ0n) is 24.5. The highest BCUT2D eigenvalue weighted by atomic mass is 32.9. The minimum absolute atomic E-state index is 0.0266. The first kappa shape index (κ1) is 38.8. The van der Waals surface area contributed by atoms with Crippen LogP contribution in [-0.4, -0.2) is 38.5 Å². The van der Waals surface area contributed by atoms with Gasteiger partial charge in [0.2, 0.25) is 5.69 Å². The molecule has 0 saturated carbocycles.